The van der Waals surface area contributed by atoms with Gasteiger partial charge in [0.05, 0.1) is 29.1 Å². The molecule has 0 radical (unpaired) electrons. The Morgan fingerprint density at radius 1 is 1.12 bits per heavy atom. The van der Waals surface area contributed by atoms with E-state index in [4.69, 9.17) is 9.53 Å². The molecule has 0 amide bonds. The highest BCUT2D eigenvalue weighted by Gasteiger charge is 2.32. The number of esters is 1. The monoisotopic (exact) mass is 503 g/mol. The van der Waals surface area contributed by atoms with E-state index in [0.29, 0.717) is 5.69 Å². The molecule has 184 valence electrons. The van der Waals surface area contributed by atoms with Crippen LogP contribution in [-0.2, 0) is 24.3 Å². The first kappa shape index (κ1) is 29.2. The maximum absolute atomic E-state index is 13.3. The highest BCUT2D eigenvalue weighted by atomic mass is 32.2. The van der Waals surface area contributed by atoms with Crippen molar-refractivity contribution < 1.29 is 22.7 Å². The molecule has 34 heavy (non-hydrogen) atoms. The summed E-state index contributed by atoms with van der Waals surface area (Å²) in [4.78, 5) is 21.9. The normalized spacial score (nSPS) is 12.4. The predicted molar refractivity (Wildman–Crippen MR) is 141 cm³/mol. The fraction of sp³-hybridized carbons (Fsp3) is 0.308. The zero-order valence-corrected chi connectivity index (χ0v) is 22.3. The molecule has 0 spiro atoms. The van der Waals surface area contributed by atoms with E-state index >= 15 is 0 Å². The SMILES string of the molecule is C=C(SC1=C(C)CN(S(=O)(=O)c2ccc(C)cc2)c2ccccc21)C(=O)OC.CC=O.CCC. The molecule has 6 nitrogen and oxygen atoms in total. The zero-order valence-electron chi connectivity index (χ0n) is 20.6. The number of ether oxygens (including phenoxy) is 1. The number of anilines is 1. The summed E-state index contributed by atoms with van der Waals surface area (Å²) >= 11 is 1.20. The van der Waals surface area contributed by atoms with Crippen molar-refractivity contribution in [1.29, 1.82) is 0 Å². The maximum Gasteiger partial charge on any atom is 0.344 e. The second-order valence-corrected chi connectivity index (χ2v) is 10.4. The number of thioether (sulfide) groups is 1. The van der Waals surface area contributed by atoms with Gasteiger partial charge in [0.1, 0.15) is 6.29 Å². The van der Waals surface area contributed by atoms with Crippen LogP contribution in [0.1, 0.15) is 45.2 Å². The third kappa shape index (κ3) is 7.33. The van der Waals surface area contributed by atoms with Crippen LogP contribution in [0.5, 0.6) is 0 Å². The summed E-state index contributed by atoms with van der Waals surface area (Å²) in [5.74, 6) is -0.502. The van der Waals surface area contributed by atoms with Crippen molar-refractivity contribution in [3.63, 3.8) is 0 Å². The lowest BCUT2D eigenvalue weighted by Gasteiger charge is -2.32. The van der Waals surface area contributed by atoms with Gasteiger partial charge in [0.2, 0.25) is 0 Å². The van der Waals surface area contributed by atoms with Gasteiger partial charge in [-0.15, -0.1) is 0 Å². The summed E-state index contributed by atoms with van der Waals surface area (Å²) in [6.45, 7) is 13.4. The van der Waals surface area contributed by atoms with E-state index in [1.165, 1.54) is 36.5 Å². The van der Waals surface area contributed by atoms with Gasteiger partial charge in [-0.05, 0) is 44.5 Å². The van der Waals surface area contributed by atoms with Crippen molar-refractivity contribution >= 4 is 44.6 Å². The molecule has 0 N–H and O–H groups in total. The average molecular weight is 504 g/mol. The smallest absolute Gasteiger partial charge is 0.344 e. The standard InChI is InChI=1S/C21H21NO4S2.C3H8.C2H4O/c1-14-9-11-17(12-10-14)28(24,25)22-13-15(2)20(27-16(3)21(23)26-4)18-7-5-6-8-19(18)22;1-3-2;1-2-3/h5-12H,3,13H2,1-2,4H3;3H2,1-2H3;2H,1H3. The molecular formula is C26H33NO5S2. The molecule has 0 saturated heterocycles. The number of hydrogen-bond acceptors (Lipinski definition) is 6. The van der Waals surface area contributed by atoms with Gasteiger partial charge in [-0.25, -0.2) is 13.2 Å². The molecule has 2 aromatic rings. The topological polar surface area (TPSA) is 80.8 Å². The minimum absolute atomic E-state index is 0.198. The fourth-order valence-corrected chi connectivity index (χ4v) is 5.41. The Balaban J connectivity index is 0.000000872. The van der Waals surface area contributed by atoms with Crippen LogP contribution in [0.4, 0.5) is 5.69 Å². The Hall–Kier alpha value is -2.84. The van der Waals surface area contributed by atoms with E-state index in [1.54, 1.807) is 36.4 Å². The Bertz CT molecular complexity index is 1140. The molecule has 0 aromatic heterocycles. The zero-order chi connectivity index (χ0) is 25.9. The number of aryl methyl sites for hydroxylation is 1. The van der Waals surface area contributed by atoms with Gasteiger partial charge >= 0.3 is 5.97 Å². The molecule has 1 aliphatic heterocycles. The number of fused-ring (bicyclic) bond motifs is 1. The van der Waals surface area contributed by atoms with Gasteiger partial charge in [0, 0.05) is 10.5 Å². The molecule has 1 heterocycles. The molecule has 0 atom stereocenters. The summed E-state index contributed by atoms with van der Waals surface area (Å²) in [7, 11) is -2.42. The highest BCUT2D eigenvalue weighted by molar-refractivity contribution is 8.12. The van der Waals surface area contributed by atoms with Crippen LogP contribution < -0.4 is 4.31 Å². The number of carbonyl (C=O) groups excluding carboxylic acids is 2. The number of carbonyl (C=O) groups is 2. The summed E-state index contributed by atoms with van der Waals surface area (Å²) in [6, 6.07) is 14.1. The van der Waals surface area contributed by atoms with Crippen LogP contribution >= 0.6 is 11.8 Å². The Labute approximate surface area is 207 Å². The molecule has 0 fully saturated rings. The molecule has 0 unspecified atom stereocenters. The third-order valence-corrected chi connectivity index (χ3v) is 7.39. The van der Waals surface area contributed by atoms with Crippen LogP contribution in [0.25, 0.3) is 4.91 Å². The third-order valence-electron chi connectivity index (χ3n) is 4.43. The van der Waals surface area contributed by atoms with Crippen LogP contribution in [0, 0.1) is 6.92 Å². The van der Waals surface area contributed by atoms with Crippen molar-refractivity contribution in [2.45, 2.75) is 45.9 Å². The van der Waals surface area contributed by atoms with Crippen LogP contribution in [0.2, 0.25) is 0 Å². The number of rotatable bonds is 5. The molecular weight excluding hydrogens is 470 g/mol. The second-order valence-electron chi connectivity index (χ2n) is 7.41. The molecule has 2 aromatic carbocycles. The van der Waals surface area contributed by atoms with Gasteiger partial charge in [0.15, 0.2) is 0 Å². The highest BCUT2D eigenvalue weighted by Crippen LogP contribution is 2.45. The van der Waals surface area contributed by atoms with Crippen molar-refractivity contribution in [3.8, 4) is 0 Å². The number of para-hydroxylation sites is 1. The lowest BCUT2D eigenvalue weighted by Crippen LogP contribution is -2.35. The average Bonchev–Trinajstić information content (AvgIpc) is 2.81. The lowest BCUT2D eigenvalue weighted by atomic mass is 10.1. The number of benzene rings is 2. The van der Waals surface area contributed by atoms with E-state index in [-0.39, 0.29) is 16.3 Å². The number of methoxy groups -OCH3 is 1. The number of hydrogen-bond donors (Lipinski definition) is 0. The maximum atomic E-state index is 13.3. The summed E-state index contributed by atoms with van der Waals surface area (Å²) in [5.41, 5.74) is 3.16. The fourth-order valence-electron chi connectivity index (χ4n) is 2.96. The van der Waals surface area contributed by atoms with E-state index in [2.05, 4.69) is 20.4 Å². The molecule has 3 rings (SSSR count). The first-order valence-electron chi connectivity index (χ1n) is 10.8. The van der Waals surface area contributed by atoms with Crippen LogP contribution in [0.3, 0.4) is 0 Å². The number of sulfonamides is 1. The summed E-state index contributed by atoms with van der Waals surface area (Å²) in [5, 5.41) is 0. The first-order chi connectivity index (χ1) is 16.1. The van der Waals surface area contributed by atoms with Gasteiger partial charge < -0.3 is 9.53 Å². The molecule has 1 aliphatic rings. The van der Waals surface area contributed by atoms with E-state index in [9.17, 15) is 13.2 Å². The Morgan fingerprint density at radius 2 is 1.65 bits per heavy atom. The van der Waals surface area contributed by atoms with Gasteiger partial charge in [-0.3, -0.25) is 4.31 Å². The number of aldehydes is 1. The second kappa shape index (κ2) is 13.8. The minimum atomic E-state index is -3.72. The predicted octanol–water partition coefficient (Wildman–Crippen LogP) is 5.98. The van der Waals surface area contributed by atoms with E-state index in [1.807, 2.05) is 26.0 Å². The van der Waals surface area contributed by atoms with Crippen molar-refractivity contribution in [1.82, 2.24) is 0 Å². The minimum Gasteiger partial charge on any atom is -0.465 e. The van der Waals surface area contributed by atoms with Crippen LogP contribution in [0.15, 0.2) is 70.5 Å². The largest absolute Gasteiger partial charge is 0.465 e. The van der Waals surface area contributed by atoms with Crippen molar-refractivity contribution in [2.75, 3.05) is 18.0 Å². The van der Waals surface area contributed by atoms with Gasteiger partial charge in [-0.1, -0.05) is 74.5 Å². The Morgan fingerprint density at radius 3 is 2.18 bits per heavy atom. The van der Waals surface area contributed by atoms with E-state index < -0.39 is 16.0 Å². The molecule has 8 heteroatoms. The van der Waals surface area contributed by atoms with Crippen molar-refractivity contribution in [3.05, 3.63) is 76.7 Å². The quantitative estimate of drug-likeness (QED) is 0.284. The van der Waals surface area contributed by atoms with E-state index in [0.717, 1.165) is 27.9 Å². The van der Waals surface area contributed by atoms with Crippen molar-refractivity contribution in [2.24, 2.45) is 0 Å². The Kier molecular flexibility index (Phi) is 11.8. The van der Waals surface area contributed by atoms with Gasteiger partial charge in [0.25, 0.3) is 10.0 Å². The van der Waals surface area contributed by atoms with Crippen LogP contribution in [-0.4, -0.2) is 34.3 Å². The summed E-state index contributed by atoms with van der Waals surface area (Å²) < 4.78 is 32.7. The lowest BCUT2D eigenvalue weighted by molar-refractivity contribution is -0.135. The first-order valence-corrected chi connectivity index (χ1v) is 13.1. The molecule has 0 bridgehead atoms. The number of nitrogens with zero attached hydrogens (tertiary/aromatic N) is 1. The van der Waals surface area contributed by atoms with Gasteiger partial charge in [-0.2, -0.15) is 0 Å². The molecule has 0 saturated carbocycles. The molecule has 0 aliphatic carbocycles. The summed E-state index contributed by atoms with van der Waals surface area (Å²) in [6.07, 6.45) is 2.00.